The first-order valence-electron chi connectivity index (χ1n) is 5.61. The van der Waals surface area contributed by atoms with Gasteiger partial charge in [-0.15, -0.1) is 0 Å². The number of nitrogens with two attached hydrogens (primary N) is 1. The number of benzene rings is 1. The molecule has 0 spiro atoms. The normalized spacial score (nSPS) is 9.90. The minimum absolute atomic E-state index is 0.338. The van der Waals surface area contributed by atoms with Gasteiger partial charge in [-0.25, -0.2) is 4.98 Å². The molecule has 0 radical (unpaired) electrons. The summed E-state index contributed by atoms with van der Waals surface area (Å²) in [6.07, 6.45) is 0. The topological polar surface area (TPSA) is 90.4 Å². The lowest BCUT2D eigenvalue weighted by Gasteiger charge is -2.13. The second-order valence-corrected chi connectivity index (χ2v) is 4.79. The maximum absolute atomic E-state index is 9.12. The van der Waals surface area contributed by atoms with E-state index in [1.165, 1.54) is 21.3 Å². The summed E-state index contributed by atoms with van der Waals surface area (Å²) in [6, 6.07) is 5.55. The Morgan fingerprint density at radius 2 is 1.75 bits per heavy atom. The summed E-state index contributed by atoms with van der Waals surface area (Å²) in [6.45, 7) is 0. The summed E-state index contributed by atoms with van der Waals surface area (Å²) < 4.78 is 15.8. The van der Waals surface area contributed by atoms with Gasteiger partial charge in [0.1, 0.15) is 16.6 Å². The van der Waals surface area contributed by atoms with Crippen LogP contribution in [0.4, 0.5) is 5.13 Å². The molecule has 0 bridgehead atoms. The van der Waals surface area contributed by atoms with Gasteiger partial charge in [0.05, 0.1) is 21.3 Å². The smallest absolute Gasteiger partial charge is 0.203 e. The van der Waals surface area contributed by atoms with Crippen LogP contribution in [0.3, 0.4) is 0 Å². The van der Waals surface area contributed by atoms with Gasteiger partial charge in [-0.05, 0) is 12.1 Å². The van der Waals surface area contributed by atoms with E-state index in [1.807, 2.05) is 0 Å². The van der Waals surface area contributed by atoms with Crippen molar-refractivity contribution in [3.8, 4) is 34.6 Å². The molecule has 2 rings (SSSR count). The highest BCUT2D eigenvalue weighted by Crippen LogP contribution is 2.42. The number of thiazole rings is 1. The van der Waals surface area contributed by atoms with Crippen molar-refractivity contribution in [1.82, 2.24) is 4.98 Å². The van der Waals surface area contributed by atoms with E-state index in [4.69, 9.17) is 25.2 Å². The number of hydrogen-bond donors (Lipinski definition) is 1. The summed E-state index contributed by atoms with van der Waals surface area (Å²) >= 11 is 1.14. The predicted molar refractivity (Wildman–Crippen MR) is 76.3 cm³/mol. The van der Waals surface area contributed by atoms with E-state index in [1.54, 1.807) is 12.1 Å². The number of ether oxygens (including phenoxy) is 3. The molecule has 6 nitrogen and oxygen atoms in total. The number of aromatic nitrogens is 1. The molecule has 0 amide bonds. The van der Waals surface area contributed by atoms with Gasteiger partial charge < -0.3 is 19.9 Å². The van der Waals surface area contributed by atoms with Crippen LogP contribution in [0.1, 0.15) is 4.88 Å². The van der Waals surface area contributed by atoms with Gasteiger partial charge in [0.15, 0.2) is 16.6 Å². The molecule has 0 saturated carbocycles. The van der Waals surface area contributed by atoms with Crippen molar-refractivity contribution in [3.05, 3.63) is 17.0 Å². The fraction of sp³-hybridized carbons (Fsp3) is 0.231. The molecule has 1 heterocycles. The average molecular weight is 291 g/mol. The quantitative estimate of drug-likeness (QED) is 0.929. The summed E-state index contributed by atoms with van der Waals surface area (Å²) in [5, 5.41) is 9.46. The molecule has 0 saturated heterocycles. The molecule has 1 aromatic heterocycles. The zero-order chi connectivity index (χ0) is 14.7. The highest BCUT2D eigenvalue weighted by atomic mass is 32.1. The van der Waals surface area contributed by atoms with Crippen molar-refractivity contribution in [1.29, 1.82) is 5.26 Å². The third kappa shape index (κ3) is 2.33. The third-order valence-corrected chi connectivity index (χ3v) is 3.47. The Hall–Kier alpha value is -2.46. The van der Waals surface area contributed by atoms with Crippen LogP contribution in [0, 0.1) is 11.3 Å². The number of methoxy groups -OCH3 is 3. The van der Waals surface area contributed by atoms with Crippen molar-refractivity contribution in [3.63, 3.8) is 0 Å². The monoisotopic (exact) mass is 291 g/mol. The summed E-state index contributed by atoms with van der Waals surface area (Å²) in [5.41, 5.74) is 6.85. The lowest BCUT2D eigenvalue weighted by atomic mass is 10.1. The summed E-state index contributed by atoms with van der Waals surface area (Å²) in [5.74, 6) is 1.48. The molecule has 104 valence electrons. The molecule has 0 aliphatic rings. The Balaban J connectivity index is 2.66. The second-order valence-electron chi connectivity index (χ2n) is 3.76. The van der Waals surface area contributed by atoms with Crippen molar-refractivity contribution in [2.24, 2.45) is 0 Å². The molecule has 20 heavy (non-hydrogen) atoms. The minimum atomic E-state index is 0.338. The minimum Gasteiger partial charge on any atom is -0.493 e. The number of hydrogen-bond acceptors (Lipinski definition) is 7. The van der Waals surface area contributed by atoms with E-state index in [0.29, 0.717) is 38.5 Å². The Kier molecular flexibility index (Phi) is 3.96. The lowest BCUT2D eigenvalue weighted by molar-refractivity contribution is 0.324. The molecule has 0 atom stereocenters. The molecule has 0 aliphatic heterocycles. The maximum atomic E-state index is 9.12. The SMILES string of the molecule is COc1cc(-c2nc(N)sc2C#N)cc(OC)c1OC. The number of nitrogens with zero attached hydrogens (tertiary/aromatic N) is 2. The van der Waals surface area contributed by atoms with Crippen molar-refractivity contribution in [2.45, 2.75) is 0 Å². The van der Waals surface area contributed by atoms with Crippen LogP contribution < -0.4 is 19.9 Å². The van der Waals surface area contributed by atoms with Crippen LogP contribution in [0.5, 0.6) is 17.2 Å². The van der Waals surface area contributed by atoms with Crippen molar-refractivity contribution < 1.29 is 14.2 Å². The molecule has 0 unspecified atom stereocenters. The van der Waals surface area contributed by atoms with Crippen LogP contribution in [0.25, 0.3) is 11.3 Å². The molecule has 2 aromatic rings. The Morgan fingerprint density at radius 1 is 1.15 bits per heavy atom. The first-order valence-corrected chi connectivity index (χ1v) is 6.43. The van der Waals surface area contributed by atoms with E-state index < -0.39 is 0 Å². The van der Waals surface area contributed by atoms with Crippen molar-refractivity contribution >= 4 is 16.5 Å². The lowest BCUT2D eigenvalue weighted by Crippen LogP contribution is -1.96. The van der Waals surface area contributed by atoms with Crippen LogP contribution in [0.2, 0.25) is 0 Å². The fourth-order valence-corrected chi connectivity index (χ4v) is 2.48. The van der Waals surface area contributed by atoms with Crippen LogP contribution in [-0.2, 0) is 0 Å². The Bertz CT molecular complexity index is 651. The first kappa shape index (κ1) is 14.0. The second kappa shape index (κ2) is 5.67. The predicted octanol–water partition coefficient (Wildman–Crippen LogP) is 2.29. The molecule has 7 heteroatoms. The number of nitrogen functional groups attached to an aromatic ring is 1. The van der Waals surface area contributed by atoms with Gasteiger partial charge in [0, 0.05) is 5.56 Å². The van der Waals surface area contributed by atoms with E-state index in [0.717, 1.165) is 11.3 Å². The van der Waals surface area contributed by atoms with E-state index in [9.17, 15) is 0 Å². The number of rotatable bonds is 4. The average Bonchev–Trinajstić information content (AvgIpc) is 2.86. The molecular formula is C13H13N3O3S. The molecule has 0 fully saturated rings. The Labute approximate surface area is 120 Å². The van der Waals surface area contributed by atoms with E-state index >= 15 is 0 Å². The van der Waals surface area contributed by atoms with Gasteiger partial charge in [-0.1, -0.05) is 11.3 Å². The molecule has 0 aliphatic carbocycles. The summed E-state index contributed by atoms with van der Waals surface area (Å²) in [7, 11) is 4.59. The van der Waals surface area contributed by atoms with E-state index in [-0.39, 0.29) is 0 Å². The largest absolute Gasteiger partial charge is 0.493 e. The first-order chi connectivity index (χ1) is 9.64. The standard InChI is InChI=1S/C13H13N3O3S/c1-17-8-4-7(5-9(18-2)12(8)19-3)11-10(6-14)20-13(15)16-11/h4-5H,1-3H3,(H2,15,16). The maximum Gasteiger partial charge on any atom is 0.203 e. The third-order valence-electron chi connectivity index (χ3n) is 2.68. The van der Waals surface area contributed by atoms with Crippen LogP contribution in [0.15, 0.2) is 12.1 Å². The van der Waals surface area contributed by atoms with Gasteiger partial charge in [-0.3, -0.25) is 0 Å². The van der Waals surface area contributed by atoms with Gasteiger partial charge >= 0.3 is 0 Å². The van der Waals surface area contributed by atoms with Gasteiger partial charge in [-0.2, -0.15) is 5.26 Å². The zero-order valence-corrected chi connectivity index (χ0v) is 12.1. The van der Waals surface area contributed by atoms with E-state index in [2.05, 4.69) is 11.1 Å². The summed E-state index contributed by atoms with van der Waals surface area (Å²) in [4.78, 5) is 4.62. The van der Waals surface area contributed by atoms with Crippen molar-refractivity contribution in [2.75, 3.05) is 27.1 Å². The highest BCUT2D eigenvalue weighted by Gasteiger charge is 2.18. The van der Waals surface area contributed by atoms with Crippen LogP contribution in [-0.4, -0.2) is 26.3 Å². The van der Waals surface area contributed by atoms with Gasteiger partial charge in [0.2, 0.25) is 5.75 Å². The molecular weight excluding hydrogens is 278 g/mol. The highest BCUT2D eigenvalue weighted by molar-refractivity contribution is 7.16. The van der Waals surface area contributed by atoms with Gasteiger partial charge in [0.25, 0.3) is 0 Å². The Morgan fingerprint density at radius 3 is 2.20 bits per heavy atom. The zero-order valence-electron chi connectivity index (χ0n) is 11.3. The molecule has 2 N–H and O–H groups in total. The number of anilines is 1. The molecule has 1 aromatic carbocycles. The van der Waals surface area contributed by atoms with Crippen LogP contribution >= 0.6 is 11.3 Å². The number of nitriles is 1. The fourth-order valence-electron chi connectivity index (χ4n) is 1.83.